The number of amides is 1. The zero-order chi connectivity index (χ0) is 17.0. The van der Waals surface area contributed by atoms with E-state index in [4.69, 9.17) is 11.6 Å². The summed E-state index contributed by atoms with van der Waals surface area (Å²) in [6.07, 6.45) is -4.03. The van der Waals surface area contributed by atoms with Gasteiger partial charge in [0, 0.05) is 5.02 Å². The summed E-state index contributed by atoms with van der Waals surface area (Å²) >= 11 is 5.82. The molecule has 0 fully saturated rings. The topological polar surface area (TPSA) is 29.1 Å². The number of rotatable bonds is 4. The van der Waals surface area contributed by atoms with Crippen LogP contribution in [0.5, 0.6) is 0 Å². The quantitative estimate of drug-likeness (QED) is 0.809. The summed E-state index contributed by atoms with van der Waals surface area (Å²) in [6, 6.07) is 11.2. The Morgan fingerprint density at radius 1 is 1.13 bits per heavy atom. The molecule has 0 spiro atoms. The molecular formula is C17H15ClF3NO. The highest BCUT2D eigenvalue weighted by atomic mass is 35.5. The van der Waals surface area contributed by atoms with Crippen molar-refractivity contribution in [1.82, 2.24) is 5.32 Å². The Morgan fingerprint density at radius 3 is 2.30 bits per heavy atom. The van der Waals surface area contributed by atoms with Crippen LogP contribution in [-0.2, 0) is 6.18 Å². The Hall–Kier alpha value is -2.01. The smallest absolute Gasteiger partial charge is 0.345 e. The minimum Gasteiger partial charge on any atom is -0.345 e. The van der Waals surface area contributed by atoms with E-state index in [2.05, 4.69) is 5.32 Å². The molecule has 0 saturated carbocycles. The molecule has 0 aromatic heterocycles. The zero-order valence-electron chi connectivity index (χ0n) is 12.3. The van der Waals surface area contributed by atoms with Gasteiger partial charge in [-0.05, 0) is 36.2 Å². The van der Waals surface area contributed by atoms with Gasteiger partial charge in [-0.2, -0.15) is 13.2 Å². The lowest BCUT2D eigenvalue weighted by Crippen LogP contribution is -2.30. The fourth-order valence-corrected chi connectivity index (χ4v) is 2.41. The fraction of sp³-hybridized carbons (Fsp3) is 0.235. The van der Waals surface area contributed by atoms with Gasteiger partial charge in [-0.15, -0.1) is 0 Å². The summed E-state index contributed by atoms with van der Waals surface area (Å²) in [6.45, 7) is 1.84. The van der Waals surface area contributed by atoms with Gasteiger partial charge in [-0.1, -0.05) is 42.8 Å². The fourth-order valence-electron chi connectivity index (χ4n) is 2.28. The normalized spacial score (nSPS) is 12.7. The van der Waals surface area contributed by atoms with Gasteiger partial charge in [-0.25, -0.2) is 0 Å². The highest BCUT2D eigenvalue weighted by Crippen LogP contribution is 2.32. The highest BCUT2D eigenvalue weighted by Gasteiger charge is 2.35. The highest BCUT2D eigenvalue weighted by molar-refractivity contribution is 6.30. The van der Waals surface area contributed by atoms with Crippen LogP contribution in [0.15, 0.2) is 48.5 Å². The Morgan fingerprint density at radius 2 is 1.74 bits per heavy atom. The predicted molar refractivity (Wildman–Crippen MR) is 83.4 cm³/mol. The SMILES string of the molecule is CCC(NC(=O)c1ccccc1C(F)(F)F)c1ccc(Cl)cc1. The van der Waals surface area contributed by atoms with Crippen LogP contribution in [0.4, 0.5) is 13.2 Å². The summed E-state index contributed by atoms with van der Waals surface area (Å²) in [5.41, 5.74) is -0.536. The summed E-state index contributed by atoms with van der Waals surface area (Å²) in [5.74, 6) is -0.750. The lowest BCUT2D eigenvalue weighted by molar-refractivity contribution is -0.137. The maximum atomic E-state index is 13.0. The van der Waals surface area contributed by atoms with E-state index < -0.39 is 17.6 Å². The van der Waals surface area contributed by atoms with Crippen LogP contribution in [-0.4, -0.2) is 5.91 Å². The average Bonchev–Trinajstić information content (AvgIpc) is 2.52. The van der Waals surface area contributed by atoms with Crippen LogP contribution in [0, 0.1) is 0 Å². The van der Waals surface area contributed by atoms with Crippen molar-refractivity contribution in [2.75, 3.05) is 0 Å². The van der Waals surface area contributed by atoms with Gasteiger partial charge in [-0.3, -0.25) is 4.79 Å². The number of halogens is 4. The Balaban J connectivity index is 2.26. The van der Waals surface area contributed by atoms with Crippen molar-refractivity contribution in [2.45, 2.75) is 25.6 Å². The van der Waals surface area contributed by atoms with E-state index in [0.717, 1.165) is 11.6 Å². The maximum Gasteiger partial charge on any atom is 0.417 e. The van der Waals surface area contributed by atoms with Crippen molar-refractivity contribution in [2.24, 2.45) is 0 Å². The van der Waals surface area contributed by atoms with Gasteiger partial charge < -0.3 is 5.32 Å². The van der Waals surface area contributed by atoms with E-state index in [0.29, 0.717) is 11.4 Å². The van der Waals surface area contributed by atoms with Gasteiger partial charge in [0.1, 0.15) is 0 Å². The first kappa shape index (κ1) is 17.3. The first-order valence-corrected chi connectivity index (χ1v) is 7.43. The minimum atomic E-state index is -4.57. The molecule has 2 rings (SSSR count). The molecular weight excluding hydrogens is 327 g/mol. The Labute approximate surface area is 137 Å². The lowest BCUT2D eigenvalue weighted by atomic mass is 10.0. The van der Waals surface area contributed by atoms with Gasteiger partial charge in [0.15, 0.2) is 0 Å². The molecule has 6 heteroatoms. The van der Waals surface area contributed by atoms with Crippen molar-refractivity contribution in [1.29, 1.82) is 0 Å². The number of hydrogen-bond acceptors (Lipinski definition) is 1. The number of carbonyl (C=O) groups is 1. The molecule has 1 N–H and O–H groups in total. The van der Waals surface area contributed by atoms with Crippen molar-refractivity contribution in [3.05, 3.63) is 70.2 Å². The number of benzene rings is 2. The molecule has 0 radical (unpaired) electrons. The molecule has 2 aromatic rings. The Bertz CT molecular complexity index is 683. The van der Waals surface area contributed by atoms with Crippen LogP contribution < -0.4 is 5.32 Å². The predicted octanol–water partition coefficient (Wildman–Crippen LogP) is 5.24. The largest absolute Gasteiger partial charge is 0.417 e. The summed E-state index contributed by atoms with van der Waals surface area (Å²) in [4.78, 5) is 12.3. The molecule has 0 bridgehead atoms. The van der Waals surface area contributed by atoms with E-state index in [1.54, 1.807) is 24.3 Å². The number of alkyl halides is 3. The summed E-state index contributed by atoms with van der Waals surface area (Å²) in [7, 11) is 0. The molecule has 1 amide bonds. The number of hydrogen-bond donors (Lipinski definition) is 1. The van der Waals surface area contributed by atoms with Crippen molar-refractivity contribution < 1.29 is 18.0 Å². The van der Waals surface area contributed by atoms with Crippen LogP contribution in [0.25, 0.3) is 0 Å². The van der Waals surface area contributed by atoms with E-state index in [1.807, 2.05) is 6.92 Å². The van der Waals surface area contributed by atoms with Gasteiger partial charge in [0.2, 0.25) is 0 Å². The lowest BCUT2D eigenvalue weighted by Gasteiger charge is -2.19. The monoisotopic (exact) mass is 341 g/mol. The molecule has 0 aliphatic rings. The second-order valence-electron chi connectivity index (χ2n) is 5.03. The standard InChI is InChI=1S/C17H15ClF3NO/c1-2-15(11-7-9-12(18)10-8-11)22-16(23)13-5-3-4-6-14(13)17(19,20)21/h3-10,15H,2H2,1H3,(H,22,23). The molecule has 1 unspecified atom stereocenters. The van der Waals surface area contributed by atoms with Crippen molar-refractivity contribution in [3.63, 3.8) is 0 Å². The number of carbonyl (C=O) groups excluding carboxylic acids is 1. The minimum absolute atomic E-state index is 0.382. The van der Waals surface area contributed by atoms with Crippen LogP contribution in [0.2, 0.25) is 5.02 Å². The molecule has 122 valence electrons. The maximum absolute atomic E-state index is 13.0. The van der Waals surface area contributed by atoms with E-state index in [9.17, 15) is 18.0 Å². The first-order chi connectivity index (χ1) is 10.8. The van der Waals surface area contributed by atoms with Crippen molar-refractivity contribution in [3.8, 4) is 0 Å². The van der Waals surface area contributed by atoms with Crippen LogP contribution >= 0.6 is 11.6 Å². The summed E-state index contributed by atoms with van der Waals surface area (Å²) in [5, 5.41) is 3.20. The summed E-state index contributed by atoms with van der Waals surface area (Å²) < 4.78 is 39.0. The molecule has 0 saturated heterocycles. The molecule has 23 heavy (non-hydrogen) atoms. The molecule has 2 aromatic carbocycles. The van der Waals surface area contributed by atoms with Crippen LogP contribution in [0.3, 0.4) is 0 Å². The van der Waals surface area contributed by atoms with Gasteiger partial charge in [0.25, 0.3) is 5.91 Å². The number of nitrogens with one attached hydrogen (secondary N) is 1. The van der Waals surface area contributed by atoms with E-state index >= 15 is 0 Å². The second kappa shape index (κ2) is 7.04. The van der Waals surface area contributed by atoms with Gasteiger partial charge >= 0.3 is 6.18 Å². The average molecular weight is 342 g/mol. The molecule has 2 nitrogen and oxygen atoms in total. The molecule has 0 aliphatic heterocycles. The molecule has 0 aliphatic carbocycles. The third kappa shape index (κ3) is 4.26. The van der Waals surface area contributed by atoms with E-state index in [-0.39, 0.29) is 11.6 Å². The van der Waals surface area contributed by atoms with Gasteiger partial charge in [0.05, 0.1) is 17.2 Å². The third-order valence-corrected chi connectivity index (χ3v) is 3.72. The first-order valence-electron chi connectivity index (χ1n) is 7.05. The molecule has 1 atom stereocenters. The van der Waals surface area contributed by atoms with E-state index in [1.165, 1.54) is 18.2 Å². The zero-order valence-corrected chi connectivity index (χ0v) is 13.1. The van der Waals surface area contributed by atoms with Crippen molar-refractivity contribution >= 4 is 17.5 Å². The Kier molecular flexibility index (Phi) is 5.31. The molecule has 0 heterocycles. The van der Waals surface area contributed by atoms with Crippen LogP contribution in [0.1, 0.15) is 40.9 Å². The second-order valence-corrected chi connectivity index (χ2v) is 5.47. The third-order valence-electron chi connectivity index (χ3n) is 3.46.